The van der Waals surface area contributed by atoms with Gasteiger partial charge in [-0.15, -0.1) is 0 Å². The standard InChI is InChI=1S/C23H46N6O3/c1-5-30-16-11-28-8-7-26(3)9-14-32-15-10-27(4)20-23(24-6-13-31-17-12-28)21-29-19-22(2)18-25-29/h18-19,23-24H,5-17,20-21H2,1-4H3. The molecule has 1 unspecified atom stereocenters. The summed E-state index contributed by atoms with van der Waals surface area (Å²) in [6.07, 6.45) is 4.01. The van der Waals surface area contributed by atoms with Gasteiger partial charge in [0.2, 0.25) is 0 Å². The average molecular weight is 455 g/mol. The quantitative estimate of drug-likeness (QED) is 0.620. The zero-order valence-electron chi connectivity index (χ0n) is 20.8. The van der Waals surface area contributed by atoms with E-state index in [1.165, 1.54) is 5.56 Å². The number of nitrogens with zero attached hydrogens (tertiary/aromatic N) is 5. The Bertz CT molecular complexity index is 588. The predicted octanol–water partition coefficient (Wildman–Crippen LogP) is 0.399. The molecule has 1 aromatic rings. The summed E-state index contributed by atoms with van der Waals surface area (Å²) in [5.41, 5.74) is 1.19. The molecule has 186 valence electrons. The van der Waals surface area contributed by atoms with Crippen LogP contribution in [0.2, 0.25) is 0 Å². The lowest BCUT2D eigenvalue weighted by Gasteiger charge is -2.27. The van der Waals surface area contributed by atoms with Crippen LogP contribution in [0.5, 0.6) is 0 Å². The number of aryl methyl sites for hydroxylation is 1. The molecule has 0 aromatic carbocycles. The monoisotopic (exact) mass is 454 g/mol. The number of hydrogen-bond donors (Lipinski definition) is 1. The molecule has 1 aliphatic rings. The molecule has 1 aliphatic heterocycles. The van der Waals surface area contributed by atoms with Crippen molar-refractivity contribution in [2.75, 3.05) is 106 Å². The van der Waals surface area contributed by atoms with Crippen LogP contribution in [0, 0.1) is 6.92 Å². The molecule has 0 radical (unpaired) electrons. The maximum Gasteiger partial charge on any atom is 0.0594 e. The molecule has 1 saturated heterocycles. The molecule has 9 nitrogen and oxygen atoms in total. The van der Waals surface area contributed by atoms with E-state index in [1.54, 1.807) is 0 Å². The summed E-state index contributed by atoms with van der Waals surface area (Å²) in [6, 6.07) is 0.301. The van der Waals surface area contributed by atoms with Crippen LogP contribution >= 0.6 is 0 Å². The highest BCUT2D eigenvalue weighted by Gasteiger charge is 2.13. The van der Waals surface area contributed by atoms with Crippen molar-refractivity contribution in [3.8, 4) is 0 Å². The molecule has 0 spiro atoms. The molecule has 2 heterocycles. The van der Waals surface area contributed by atoms with Crippen molar-refractivity contribution in [3.63, 3.8) is 0 Å². The van der Waals surface area contributed by atoms with Gasteiger partial charge in [0.1, 0.15) is 0 Å². The van der Waals surface area contributed by atoms with Crippen molar-refractivity contribution in [2.45, 2.75) is 26.4 Å². The van der Waals surface area contributed by atoms with Gasteiger partial charge in [-0.1, -0.05) is 0 Å². The van der Waals surface area contributed by atoms with Crippen LogP contribution in [0.4, 0.5) is 0 Å². The van der Waals surface area contributed by atoms with Crippen LogP contribution in [0.15, 0.2) is 12.4 Å². The van der Waals surface area contributed by atoms with Gasteiger partial charge >= 0.3 is 0 Å². The molecule has 1 atom stereocenters. The summed E-state index contributed by atoms with van der Waals surface area (Å²) in [4.78, 5) is 7.10. The lowest BCUT2D eigenvalue weighted by Crippen LogP contribution is -2.45. The smallest absolute Gasteiger partial charge is 0.0594 e. The molecule has 1 fully saturated rings. The lowest BCUT2D eigenvalue weighted by atomic mass is 10.2. The fraction of sp³-hybridized carbons (Fsp3) is 0.870. The van der Waals surface area contributed by atoms with Gasteiger partial charge < -0.3 is 29.3 Å². The average Bonchev–Trinajstić information content (AvgIpc) is 3.17. The van der Waals surface area contributed by atoms with Gasteiger partial charge in [0.05, 0.1) is 45.8 Å². The van der Waals surface area contributed by atoms with Gasteiger partial charge in [-0.05, 0) is 33.5 Å². The van der Waals surface area contributed by atoms with Crippen LogP contribution in [0.25, 0.3) is 0 Å². The van der Waals surface area contributed by atoms with Gasteiger partial charge in [-0.3, -0.25) is 9.58 Å². The number of hydrogen-bond acceptors (Lipinski definition) is 8. The first-order valence-corrected chi connectivity index (χ1v) is 12.1. The normalized spacial score (nSPS) is 23.1. The summed E-state index contributed by atoms with van der Waals surface area (Å²) >= 11 is 0. The molecule has 0 bridgehead atoms. The summed E-state index contributed by atoms with van der Waals surface area (Å²) in [5.74, 6) is 0. The van der Waals surface area contributed by atoms with E-state index in [0.29, 0.717) is 12.6 Å². The highest BCUT2D eigenvalue weighted by Crippen LogP contribution is 2.00. The number of likely N-dealkylation sites (N-methyl/N-ethyl adjacent to an activating group) is 2. The molecule has 0 saturated carbocycles. The molecule has 0 aliphatic carbocycles. The molecule has 0 amide bonds. The largest absolute Gasteiger partial charge is 0.380 e. The fourth-order valence-electron chi connectivity index (χ4n) is 3.72. The minimum Gasteiger partial charge on any atom is -0.380 e. The van der Waals surface area contributed by atoms with Crippen molar-refractivity contribution >= 4 is 0 Å². The Labute approximate surface area is 195 Å². The van der Waals surface area contributed by atoms with E-state index in [2.05, 4.69) is 52.3 Å². The Morgan fingerprint density at radius 2 is 1.78 bits per heavy atom. The number of ether oxygens (including phenoxy) is 3. The minimum atomic E-state index is 0.301. The Hall–Kier alpha value is -1.07. The van der Waals surface area contributed by atoms with Crippen molar-refractivity contribution in [1.29, 1.82) is 0 Å². The first kappa shape index (κ1) is 27.2. The third-order valence-corrected chi connectivity index (χ3v) is 5.72. The van der Waals surface area contributed by atoms with Gasteiger partial charge in [0.15, 0.2) is 0 Å². The van der Waals surface area contributed by atoms with E-state index < -0.39 is 0 Å². The number of nitrogens with one attached hydrogen (secondary N) is 1. The van der Waals surface area contributed by atoms with E-state index in [-0.39, 0.29) is 0 Å². The summed E-state index contributed by atoms with van der Waals surface area (Å²) in [7, 11) is 4.32. The van der Waals surface area contributed by atoms with Crippen molar-refractivity contribution in [1.82, 2.24) is 29.8 Å². The highest BCUT2D eigenvalue weighted by molar-refractivity contribution is 4.99. The van der Waals surface area contributed by atoms with Crippen LogP contribution in [0.3, 0.4) is 0 Å². The Kier molecular flexibility index (Phi) is 14.0. The van der Waals surface area contributed by atoms with E-state index >= 15 is 0 Å². The molecular weight excluding hydrogens is 408 g/mol. The Morgan fingerprint density at radius 1 is 1.03 bits per heavy atom. The van der Waals surface area contributed by atoms with Gasteiger partial charge in [-0.25, -0.2) is 0 Å². The van der Waals surface area contributed by atoms with Gasteiger partial charge in [-0.2, -0.15) is 5.10 Å². The zero-order valence-corrected chi connectivity index (χ0v) is 20.8. The van der Waals surface area contributed by atoms with Gasteiger partial charge in [0, 0.05) is 71.2 Å². The van der Waals surface area contributed by atoms with E-state index in [0.717, 1.165) is 91.9 Å². The fourth-order valence-corrected chi connectivity index (χ4v) is 3.72. The maximum absolute atomic E-state index is 5.96. The van der Waals surface area contributed by atoms with Crippen molar-refractivity contribution in [2.24, 2.45) is 0 Å². The topological polar surface area (TPSA) is 67.3 Å². The molecule has 32 heavy (non-hydrogen) atoms. The molecular formula is C23H46N6O3. The van der Waals surface area contributed by atoms with Crippen LogP contribution < -0.4 is 5.32 Å². The van der Waals surface area contributed by atoms with Crippen LogP contribution in [-0.4, -0.2) is 137 Å². The summed E-state index contributed by atoms with van der Waals surface area (Å²) < 4.78 is 19.5. The highest BCUT2D eigenvalue weighted by atomic mass is 16.5. The lowest BCUT2D eigenvalue weighted by molar-refractivity contribution is 0.0650. The van der Waals surface area contributed by atoms with E-state index in [9.17, 15) is 0 Å². The van der Waals surface area contributed by atoms with Gasteiger partial charge in [0.25, 0.3) is 0 Å². The second-order valence-electron chi connectivity index (χ2n) is 8.72. The third-order valence-electron chi connectivity index (χ3n) is 5.72. The molecule has 1 aromatic heterocycles. The Morgan fingerprint density at radius 3 is 2.53 bits per heavy atom. The second kappa shape index (κ2) is 16.5. The zero-order chi connectivity index (χ0) is 23.0. The molecule has 9 heteroatoms. The van der Waals surface area contributed by atoms with Crippen molar-refractivity contribution < 1.29 is 14.2 Å². The number of rotatable bonds is 6. The second-order valence-corrected chi connectivity index (χ2v) is 8.72. The first-order valence-electron chi connectivity index (χ1n) is 12.1. The van der Waals surface area contributed by atoms with Crippen LogP contribution in [-0.2, 0) is 20.8 Å². The maximum atomic E-state index is 5.96. The summed E-state index contributed by atoms with van der Waals surface area (Å²) in [6.45, 7) is 17.0. The number of aromatic nitrogens is 2. The molecule has 1 N–H and O–H groups in total. The predicted molar refractivity (Wildman–Crippen MR) is 128 cm³/mol. The summed E-state index contributed by atoms with van der Waals surface area (Å²) in [5, 5.41) is 8.12. The Balaban J connectivity index is 1.86. The van der Waals surface area contributed by atoms with Crippen molar-refractivity contribution in [3.05, 3.63) is 18.0 Å². The van der Waals surface area contributed by atoms with Crippen LogP contribution in [0.1, 0.15) is 12.5 Å². The molecule has 2 rings (SSSR count). The van der Waals surface area contributed by atoms with E-state index in [4.69, 9.17) is 14.2 Å². The minimum absolute atomic E-state index is 0.301. The SMILES string of the molecule is CCOCCN1CCOCCNC(Cn2cc(C)cn2)CN(C)CCOCCN(C)CC1. The van der Waals surface area contributed by atoms with E-state index in [1.807, 2.05) is 17.8 Å². The third kappa shape index (κ3) is 12.2. The first-order chi connectivity index (χ1) is 15.6.